The van der Waals surface area contributed by atoms with Gasteiger partial charge in [-0.3, -0.25) is 4.99 Å². The summed E-state index contributed by atoms with van der Waals surface area (Å²) < 4.78 is 5.51. The first-order chi connectivity index (χ1) is 9.36. The fourth-order valence-corrected chi connectivity index (χ4v) is 2.67. The van der Waals surface area contributed by atoms with E-state index in [1.807, 2.05) is 0 Å². The van der Waals surface area contributed by atoms with Gasteiger partial charge in [0.25, 0.3) is 0 Å². The van der Waals surface area contributed by atoms with Gasteiger partial charge in [-0.15, -0.1) is 24.0 Å². The third-order valence-electron chi connectivity index (χ3n) is 3.81. The lowest BCUT2D eigenvalue weighted by Gasteiger charge is -2.20. The monoisotopic (exact) mass is 387 g/mol. The number of benzene rings is 1. The van der Waals surface area contributed by atoms with Crippen molar-refractivity contribution in [3.8, 4) is 0 Å². The van der Waals surface area contributed by atoms with E-state index in [0.717, 1.165) is 51.8 Å². The molecule has 0 radical (unpaired) electrons. The molecule has 0 saturated carbocycles. The summed E-state index contributed by atoms with van der Waals surface area (Å²) in [4.78, 5) is 6.78. The lowest BCUT2D eigenvalue weighted by atomic mass is 10.0. The Labute approximate surface area is 137 Å². The zero-order valence-corrected chi connectivity index (χ0v) is 14.2. The molecule has 4 nitrogen and oxygen atoms in total. The topological polar surface area (TPSA) is 36.9 Å². The molecule has 0 saturated heterocycles. The second-order valence-electron chi connectivity index (χ2n) is 5.04. The zero-order chi connectivity index (χ0) is 13.1. The molecule has 2 aliphatic heterocycles. The highest BCUT2D eigenvalue weighted by Gasteiger charge is 2.14. The maximum atomic E-state index is 5.51. The second kappa shape index (κ2) is 7.26. The Morgan fingerprint density at radius 2 is 2.25 bits per heavy atom. The van der Waals surface area contributed by atoms with Crippen LogP contribution in [0.1, 0.15) is 23.6 Å². The van der Waals surface area contributed by atoms with Crippen molar-refractivity contribution in [2.45, 2.75) is 26.5 Å². The van der Waals surface area contributed by atoms with Gasteiger partial charge in [-0.2, -0.15) is 0 Å². The van der Waals surface area contributed by atoms with Gasteiger partial charge in [-0.1, -0.05) is 18.2 Å². The molecule has 2 aliphatic rings. The molecule has 1 N–H and O–H groups in total. The Bertz CT molecular complexity index is 490. The molecule has 0 aromatic heterocycles. The standard InChI is InChI=1S/C15H21N3O.HI/c1-2-18-7-6-16-15(18)17-10-12-3-4-13-5-8-19-11-14(13)9-12;/h3-4,9H,2,5-8,10-11H2,1H3,(H,16,17);1H. The van der Waals surface area contributed by atoms with E-state index >= 15 is 0 Å². The number of guanidine groups is 1. The quantitative estimate of drug-likeness (QED) is 0.808. The summed E-state index contributed by atoms with van der Waals surface area (Å²) in [5.74, 6) is 1.04. The minimum Gasteiger partial charge on any atom is -0.376 e. The zero-order valence-electron chi connectivity index (χ0n) is 11.9. The van der Waals surface area contributed by atoms with Crippen LogP contribution in [-0.4, -0.2) is 37.1 Å². The van der Waals surface area contributed by atoms with Crippen LogP contribution in [0.15, 0.2) is 23.2 Å². The van der Waals surface area contributed by atoms with E-state index in [1.54, 1.807) is 0 Å². The maximum Gasteiger partial charge on any atom is 0.194 e. The third-order valence-corrected chi connectivity index (χ3v) is 3.81. The van der Waals surface area contributed by atoms with Crippen molar-refractivity contribution in [2.75, 3.05) is 26.2 Å². The van der Waals surface area contributed by atoms with Gasteiger partial charge in [-0.25, -0.2) is 0 Å². The Hall–Kier alpha value is -0.820. The average Bonchev–Trinajstić information content (AvgIpc) is 2.92. The summed E-state index contributed by atoms with van der Waals surface area (Å²) in [7, 11) is 0. The van der Waals surface area contributed by atoms with E-state index in [0.29, 0.717) is 0 Å². The first kappa shape index (κ1) is 15.6. The number of fused-ring (bicyclic) bond motifs is 1. The molecule has 0 amide bonds. The fourth-order valence-electron chi connectivity index (χ4n) is 2.67. The highest BCUT2D eigenvalue weighted by atomic mass is 127. The molecule has 2 heterocycles. The van der Waals surface area contributed by atoms with Crippen LogP contribution in [0.3, 0.4) is 0 Å². The SMILES string of the molecule is CCN1CCN=C1NCc1ccc2c(c1)COCC2.I. The Morgan fingerprint density at radius 1 is 1.35 bits per heavy atom. The Balaban J connectivity index is 0.00000147. The minimum absolute atomic E-state index is 0. The van der Waals surface area contributed by atoms with E-state index < -0.39 is 0 Å². The van der Waals surface area contributed by atoms with Gasteiger partial charge in [0.15, 0.2) is 5.96 Å². The van der Waals surface area contributed by atoms with E-state index in [9.17, 15) is 0 Å². The molecular formula is C15H22IN3O. The number of rotatable bonds is 3. The predicted molar refractivity (Wildman–Crippen MR) is 91.6 cm³/mol. The van der Waals surface area contributed by atoms with Crippen LogP contribution < -0.4 is 5.32 Å². The van der Waals surface area contributed by atoms with Gasteiger partial charge in [0.2, 0.25) is 0 Å². The largest absolute Gasteiger partial charge is 0.376 e. The van der Waals surface area contributed by atoms with E-state index in [4.69, 9.17) is 4.74 Å². The number of nitrogens with zero attached hydrogens (tertiary/aromatic N) is 2. The van der Waals surface area contributed by atoms with Crippen LogP contribution in [-0.2, 0) is 24.3 Å². The molecule has 3 rings (SSSR count). The smallest absolute Gasteiger partial charge is 0.194 e. The number of ether oxygens (including phenoxy) is 1. The molecule has 1 aromatic carbocycles. The number of hydrogen-bond donors (Lipinski definition) is 1. The van der Waals surface area contributed by atoms with Crippen molar-refractivity contribution in [1.82, 2.24) is 10.2 Å². The number of likely N-dealkylation sites (N-methyl/N-ethyl adjacent to an activating group) is 1. The van der Waals surface area contributed by atoms with Crippen molar-refractivity contribution < 1.29 is 4.74 Å². The number of aliphatic imine (C=N–C) groups is 1. The van der Waals surface area contributed by atoms with Gasteiger partial charge in [0.1, 0.15) is 0 Å². The summed E-state index contributed by atoms with van der Waals surface area (Å²) in [6, 6.07) is 6.71. The first-order valence-electron chi connectivity index (χ1n) is 7.08. The normalized spacial score (nSPS) is 17.2. The average molecular weight is 387 g/mol. The van der Waals surface area contributed by atoms with Crippen molar-refractivity contribution in [3.63, 3.8) is 0 Å². The molecule has 0 fully saturated rings. The molecule has 20 heavy (non-hydrogen) atoms. The van der Waals surface area contributed by atoms with E-state index in [1.165, 1.54) is 16.7 Å². The fraction of sp³-hybridized carbons (Fsp3) is 0.533. The van der Waals surface area contributed by atoms with Gasteiger partial charge in [0, 0.05) is 19.6 Å². The molecule has 110 valence electrons. The summed E-state index contributed by atoms with van der Waals surface area (Å²) in [6.07, 6.45) is 1.04. The van der Waals surface area contributed by atoms with Crippen LogP contribution in [0, 0.1) is 0 Å². The second-order valence-corrected chi connectivity index (χ2v) is 5.04. The van der Waals surface area contributed by atoms with Crippen molar-refractivity contribution in [1.29, 1.82) is 0 Å². The summed E-state index contributed by atoms with van der Waals surface area (Å²) in [5.41, 5.74) is 4.07. The maximum absolute atomic E-state index is 5.51. The van der Waals surface area contributed by atoms with Crippen LogP contribution >= 0.6 is 24.0 Å². The summed E-state index contributed by atoms with van der Waals surface area (Å²) >= 11 is 0. The number of hydrogen-bond acceptors (Lipinski definition) is 4. The molecule has 0 aliphatic carbocycles. The van der Waals surface area contributed by atoms with Crippen molar-refractivity contribution in [2.24, 2.45) is 4.99 Å². The number of halogens is 1. The molecular weight excluding hydrogens is 365 g/mol. The molecule has 5 heteroatoms. The minimum atomic E-state index is 0. The van der Waals surface area contributed by atoms with Crippen LogP contribution in [0.25, 0.3) is 0 Å². The molecule has 0 bridgehead atoms. The highest BCUT2D eigenvalue weighted by molar-refractivity contribution is 14.0. The van der Waals surface area contributed by atoms with E-state index in [2.05, 4.69) is 40.3 Å². The van der Waals surface area contributed by atoms with Gasteiger partial charge >= 0.3 is 0 Å². The first-order valence-corrected chi connectivity index (χ1v) is 7.08. The lowest BCUT2D eigenvalue weighted by molar-refractivity contribution is 0.110. The third kappa shape index (κ3) is 3.44. The van der Waals surface area contributed by atoms with Crippen molar-refractivity contribution >= 4 is 29.9 Å². The Morgan fingerprint density at radius 3 is 3.10 bits per heavy atom. The van der Waals surface area contributed by atoms with Crippen molar-refractivity contribution in [3.05, 3.63) is 34.9 Å². The Kier molecular flexibility index (Phi) is 5.65. The highest BCUT2D eigenvalue weighted by Crippen LogP contribution is 2.18. The van der Waals surface area contributed by atoms with Gasteiger partial charge in [0.05, 0.1) is 19.8 Å². The van der Waals surface area contributed by atoms with Crippen LogP contribution in [0.2, 0.25) is 0 Å². The number of nitrogens with one attached hydrogen (secondary N) is 1. The van der Waals surface area contributed by atoms with Crippen LogP contribution in [0.5, 0.6) is 0 Å². The molecule has 0 atom stereocenters. The summed E-state index contributed by atoms with van der Waals surface area (Å²) in [5, 5.41) is 3.44. The van der Waals surface area contributed by atoms with Crippen LogP contribution in [0.4, 0.5) is 0 Å². The van der Waals surface area contributed by atoms with Gasteiger partial charge < -0.3 is 15.0 Å². The van der Waals surface area contributed by atoms with E-state index in [-0.39, 0.29) is 24.0 Å². The summed E-state index contributed by atoms with van der Waals surface area (Å²) in [6.45, 7) is 7.58. The molecule has 0 spiro atoms. The predicted octanol–water partition coefficient (Wildman–Crippen LogP) is 2.16. The molecule has 0 unspecified atom stereocenters. The lowest BCUT2D eigenvalue weighted by Crippen LogP contribution is -2.37. The molecule has 1 aromatic rings. The van der Waals surface area contributed by atoms with Gasteiger partial charge in [-0.05, 0) is 30.0 Å².